The highest BCUT2D eigenvalue weighted by atomic mass is 16.5. The molecule has 0 radical (unpaired) electrons. The number of carbonyl (C=O) groups is 2. The minimum atomic E-state index is -0.444. The molecule has 0 unspecified atom stereocenters. The maximum absolute atomic E-state index is 12.1. The average Bonchev–Trinajstić information content (AvgIpc) is 2.57. The largest absolute Gasteiger partial charge is 0.452 e. The molecule has 1 aromatic rings. The third-order valence-electron chi connectivity index (χ3n) is 6.17. The summed E-state index contributed by atoms with van der Waals surface area (Å²) in [5.74, 6) is 2.01. The number of carbonyl (C=O) groups excluding carboxylic acids is 2. The van der Waals surface area contributed by atoms with E-state index in [0.29, 0.717) is 11.0 Å². The van der Waals surface area contributed by atoms with Gasteiger partial charge in [0.1, 0.15) is 0 Å². The quantitative estimate of drug-likeness (QED) is 0.845. The number of rotatable bonds is 5. The Labute approximate surface area is 143 Å². The van der Waals surface area contributed by atoms with E-state index in [0.717, 1.165) is 24.3 Å². The van der Waals surface area contributed by atoms with Gasteiger partial charge >= 0.3 is 5.97 Å². The van der Waals surface area contributed by atoms with E-state index in [-0.39, 0.29) is 12.5 Å². The number of ether oxygens (including phenoxy) is 1. The Morgan fingerprint density at radius 2 is 1.58 bits per heavy atom. The SMILES string of the molecule is O=C(COC(=O)c1ccccc1)NCC12CC3CC(CC(C3)C1)C2. The molecule has 128 valence electrons. The van der Waals surface area contributed by atoms with Gasteiger partial charge in [-0.3, -0.25) is 4.79 Å². The van der Waals surface area contributed by atoms with Crippen LogP contribution in [0.5, 0.6) is 0 Å². The molecule has 24 heavy (non-hydrogen) atoms. The van der Waals surface area contributed by atoms with Gasteiger partial charge in [0, 0.05) is 6.54 Å². The van der Waals surface area contributed by atoms with Gasteiger partial charge in [0.05, 0.1) is 5.56 Å². The second-order valence-corrected chi connectivity index (χ2v) is 8.14. The van der Waals surface area contributed by atoms with E-state index < -0.39 is 5.97 Å². The molecule has 4 bridgehead atoms. The fraction of sp³-hybridized carbons (Fsp3) is 0.600. The molecule has 0 spiro atoms. The lowest BCUT2D eigenvalue weighted by molar-refractivity contribution is -0.126. The van der Waals surface area contributed by atoms with E-state index in [1.165, 1.54) is 38.5 Å². The molecule has 5 rings (SSSR count). The lowest BCUT2D eigenvalue weighted by Gasteiger charge is -2.56. The first-order valence-corrected chi connectivity index (χ1v) is 9.11. The Morgan fingerprint density at radius 1 is 1.00 bits per heavy atom. The van der Waals surface area contributed by atoms with Gasteiger partial charge in [-0.05, 0) is 73.8 Å². The molecular weight excluding hydrogens is 302 g/mol. The van der Waals surface area contributed by atoms with Crippen LogP contribution in [0, 0.1) is 23.2 Å². The summed E-state index contributed by atoms with van der Waals surface area (Å²) in [5.41, 5.74) is 0.791. The van der Waals surface area contributed by atoms with E-state index >= 15 is 0 Å². The Balaban J connectivity index is 1.26. The highest BCUT2D eigenvalue weighted by Gasteiger charge is 2.50. The molecule has 0 aromatic heterocycles. The van der Waals surface area contributed by atoms with Crippen molar-refractivity contribution in [1.82, 2.24) is 5.32 Å². The molecule has 4 nitrogen and oxygen atoms in total. The van der Waals surface area contributed by atoms with Crippen molar-refractivity contribution in [1.29, 1.82) is 0 Å². The average molecular weight is 327 g/mol. The van der Waals surface area contributed by atoms with Gasteiger partial charge < -0.3 is 10.1 Å². The summed E-state index contributed by atoms with van der Waals surface area (Å²) in [6.45, 7) is 0.554. The lowest BCUT2D eigenvalue weighted by atomic mass is 9.49. The number of esters is 1. The number of hydrogen-bond donors (Lipinski definition) is 1. The summed E-state index contributed by atoms with van der Waals surface area (Å²) in [6, 6.07) is 8.79. The van der Waals surface area contributed by atoms with Crippen molar-refractivity contribution in [2.45, 2.75) is 38.5 Å². The van der Waals surface area contributed by atoms with Crippen LogP contribution in [0.2, 0.25) is 0 Å². The predicted molar refractivity (Wildman–Crippen MR) is 90.3 cm³/mol. The van der Waals surface area contributed by atoms with Crippen molar-refractivity contribution in [3.8, 4) is 0 Å². The Morgan fingerprint density at radius 3 is 2.17 bits per heavy atom. The first-order chi connectivity index (χ1) is 11.6. The van der Waals surface area contributed by atoms with Gasteiger partial charge in [0.2, 0.25) is 0 Å². The molecule has 4 heteroatoms. The van der Waals surface area contributed by atoms with Crippen molar-refractivity contribution >= 4 is 11.9 Å². The van der Waals surface area contributed by atoms with Crippen molar-refractivity contribution < 1.29 is 14.3 Å². The minimum absolute atomic E-state index is 0.185. The van der Waals surface area contributed by atoms with Crippen molar-refractivity contribution in [2.24, 2.45) is 23.2 Å². The molecule has 4 saturated carbocycles. The van der Waals surface area contributed by atoms with Gasteiger partial charge in [-0.2, -0.15) is 0 Å². The zero-order chi connectivity index (χ0) is 16.6. The summed E-state index contributed by atoms with van der Waals surface area (Å²) < 4.78 is 5.11. The fourth-order valence-electron chi connectivity index (χ4n) is 5.63. The first kappa shape index (κ1) is 15.7. The van der Waals surface area contributed by atoms with Crippen molar-refractivity contribution in [3.05, 3.63) is 35.9 Å². The summed E-state index contributed by atoms with van der Waals surface area (Å²) >= 11 is 0. The van der Waals surface area contributed by atoms with Crippen molar-refractivity contribution in [2.75, 3.05) is 13.2 Å². The van der Waals surface area contributed by atoms with Crippen LogP contribution in [0.25, 0.3) is 0 Å². The van der Waals surface area contributed by atoms with E-state index in [4.69, 9.17) is 4.74 Å². The monoisotopic (exact) mass is 327 g/mol. The van der Waals surface area contributed by atoms with Crippen LogP contribution in [-0.4, -0.2) is 25.0 Å². The van der Waals surface area contributed by atoms with Gasteiger partial charge in [0.25, 0.3) is 5.91 Å². The summed E-state index contributed by atoms with van der Waals surface area (Å²) in [5, 5.41) is 3.03. The van der Waals surface area contributed by atoms with E-state index in [2.05, 4.69) is 5.32 Å². The number of hydrogen-bond acceptors (Lipinski definition) is 3. The molecule has 4 aliphatic carbocycles. The molecule has 1 aromatic carbocycles. The highest BCUT2D eigenvalue weighted by molar-refractivity contribution is 5.91. The maximum atomic E-state index is 12.1. The number of amides is 1. The van der Waals surface area contributed by atoms with Crippen LogP contribution in [-0.2, 0) is 9.53 Å². The van der Waals surface area contributed by atoms with Gasteiger partial charge in [0.15, 0.2) is 6.61 Å². The first-order valence-electron chi connectivity index (χ1n) is 9.11. The summed E-state index contributed by atoms with van der Waals surface area (Å²) in [4.78, 5) is 24.0. The molecule has 4 aliphatic rings. The maximum Gasteiger partial charge on any atom is 0.338 e. The Bertz CT molecular complexity index is 590. The molecule has 0 heterocycles. The van der Waals surface area contributed by atoms with Crippen molar-refractivity contribution in [3.63, 3.8) is 0 Å². The zero-order valence-electron chi connectivity index (χ0n) is 14.0. The van der Waals surface area contributed by atoms with Gasteiger partial charge in [-0.1, -0.05) is 18.2 Å². The topological polar surface area (TPSA) is 55.4 Å². The van der Waals surface area contributed by atoms with Crippen LogP contribution in [0.1, 0.15) is 48.9 Å². The molecule has 0 atom stereocenters. The molecule has 0 saturated heterocycles. The Hall–Kier alpha value is -1.84. The van der Waals surface area contributed by atoms with Crippen LogP contribution in [0.4, 0.5) is 0 Å². The summed E-state index contributed by atoms with van der Waals surface area (Å²) in [7, 11) is 0. The highest BCUT2D eigenvalue weighted by Crippen LogP contribution is 2.59. The standard InChI is InChI=1S/C20H25NO3/c22-18(12-24-19(23)17-4-2-1-3-5-17)21-13-20-9-14-6-15(10-20)8-16(7-14)11-20/h1-5,14-16H,6-13H2,(H,21,22). The molecule has 0 aliphatic heterocycles. The summed E-state index contributed by atoms with van der Waals surface area (Å²) in [6.07, 6.45) is 8.01. The molecular formula is C20H25NO3. The number of benzene rings is 1. The molecule has 4 fully saturated rings. The molecule has 1 N–H and O–H groups in total. The second-order valence-electron chi connectivity index (χ2n) is 8.14. The zero-order valence-corrected chi connectivity index (χ0v) is 14.0. The van der Waals surface area contributed by atoms with E-state index in [1.807, 2.05) is 6.07 Å². The van der Waals surface area contributed by atoms with E-state index in [1.54, 1.807) is 24.3 Å². The minimum Gasteiger partial charge on any atom is -0.452 e. The van der Waals surface area contributed by atoms with Gasteiger partial charge in [-0.25, -0.2) is 4.79 Å². The van der Waals surface area contributed by atoms with Crippen LogP contribution in [0.3, 0.4) is 0 Å². The smallest absolute Gasteiger partial charge is 0.338 e. The van der Waals surface area contributed by atoms with Gasteiger partial charge in [-0.15, -0.1) is 0 Å². The van der Waals surface area contributed by atoms with Crippen LogP contribution >= 0.6 is 0 Å². The molecule has 1 amide bonds. The second kappa shape index (κ2) is 6.23. The normalized spacial score (nSPS) is 33.2. The lowest BCUT2D eigenvalue weighted by Crippen LogP contribution is -2.51. The fourth-order valence-corrected chi connectivity index (χ4v) is 5.63. The van der Waals surface area contributed by atoms with Crippen LogP contribution < -0.4 is 5.32 Å². The number of nitrogens with one attached hydrogen (secondary N) is 1. The third kappa shape index (κ3) is 3.19. The Kier molecular flexibility index (Phi) is 4.07. The predicted octanol–water partition coefficient (Wildman–Crippen LogP) is 3.18. The van der Waals surface area contributed by atoms with Crippen LogP contribution in [0.15, 0.2) is 30.3 Å². The van der Waals surface area contributed by atoms with E-state index in [9.17, 15) is 9.59 Å². The third-order valence-corrected chi connectivity index (χ3v) is 6.17.